The molecule has 1 unspecified atom stereocenters. The maximum Gasteiger partial charge on any atom is 0.229 e. The van der Waals surface area contributed by atoms with E-state index < -0.39 is 0 Å². The molecule has 0 aromatic heterocycles. The van der Waals surface area contributed by atoms with Crippen molar-refractivity contribution in [1.29, 1.82) is 0 Å². The molecule has 3 rings (SSSR count). The van der Waals surface area contributed by atoms with E-state index in [4.69, 9.17) is 5.73 Å². The molecular weight excluding hydrogens is 293 g/mol. The summed E-state index contributed by atoms with van der Waals surface area (Å²) in [6.45, 7) is 1.25. The molecule has 1 heterocycles. The first-order valence-corrected chi connectivity index (χ1v) is 7.68. The van der Waals surface area contributed by atoms with Gasteiger partial charge in [-0.15, -0.1) is 0 Å². The van der Waals surface area contributed by atoms with E-state index in [-0.39, 0.29) is 24.2 Å². The number of hydrogen-bond acceptors (Lipinski definition) is 3. The number of rotatable bonds is 3. The molecule has 23 heavy (non-hydrogen) atoms. The number of hydrogen-bond donors (Lipinski definition) is 1. The van der Waals surface area contributed by atoms with Crippen molar-refractivity contribution in [1.82, 2.24) is 0 Å². The average molecular weight is 313 g/mol. The van der Waals surface area contributed by atoms with E-state index in [0.29, 0.717) is 13.1 Å². The van der Waals surface area contributed by atoms with Crippen molar-refractivity contribution in [3.63, 3.8) is 0 Å². The van der Waals surface area contributed by atoms with Gasteiger partial charge in [-0.2, -0.15) is 0 Å². The monoisotopic (exact) mass is 313 g/mol. The highest BCUT2D eigenvalue weighted by atomic mass is 19.1. The molecule has 1 amide bonds. The van der Waals surface area contributed by atoms with Crippen LogP contribution in [0.3, 0.4) is 0 Å². The van der Waals surface area contributed by atoms with Gasteiger partial charge in [0.05, 0.1) is 11.4 Å². The van der Waals surface area contributed by atoms with Gasteiger partial charge in [0.15, 0.2) is 0 Å². The van der Waals surface area contributed by atoms with E-state index in [1.165, 1.54) is 12.1 Å². The quantitative estimate of drug-likeness (QED) is 0.948. The van der Waals surface area contributed by atoms with Crippen molar-refractivity contribution in [3.8, 4) is 0 Å². The summed E-state index contributed by atoms with van der Waals surface area (Å²) in [6.07, 6.45) is 0.227. The Balaban J connectivity index is 1.80. The van der Waals surface area contributed by atoms with Crippen molar-refractivity contribution in [2.24, 2.45) is 5.73 Å². The summed E-state index contributed by atoms with van der Waals surface area (Å²) >= 11 is 0. The van der Waals surface area contributed by atoms with Crippen LogP contribution >= 0.6 is 0 Å². The van der Waals surface area contributed by atoms with Gasteiger partial charge in [-0.05, 0) is 23.8 Å². The second-order valence-electron chi connectivity index (χ2n) is 5.82. The van der Waals surface area contributed by atoms with Gasteiger partial charge in [0.25, 0.3) is 0 Å². The van der Waals surface area contributed by atoms with Gasteiger partial charge in [-0.25, -0.2) is 4.39 Å². The third kappa shape index (κ3) is 3.19. The Morgan fingerprint density at radius 2 is 1.91 bits per heavy atom. The predicted octanol–water partition coefficient (Wildman–Crippen LogP) is 2.70. The average Bonchev–Trinajstić information content (AvgIpc) is 2.56. The minimum atomic E-state index is -0.341. The second-order valence-corrected chi connectivity index (χ2v) is 5.82. The van der Waals surface area contributed by atoms with Crippen molar-refractivity contribution in [3.05, 3.63) is 59.9 Å². The summed E-state index contributed by atoms with van der Waals surface area (Å²) < 4.78 is 13.5. The van der Waals surface area contributed by atoms with Crippen LogP contribution in [-0.4, -0.2) is 26.0 Å². The molecule has 0 saturated carbocycles. The lowest BCUT2D eigenvalue weighted by atomic mass is 10.0. The highest BCUT2D eigenvalue weighted by molar-refractivity contribution is 5.98. The standard InChI is InChI=1S/C18H20FN3O/c1-21-9-10-22(16-8-7-14(19)11-17(16)21)18(23)12-15(20)13-5-3-2-4-6-13/h2-8,11,15H,9-10,12,20H2,1H3. The molecule has 120 valence electrons. The largest absolute Gasteiger partial charge is 0.371 e. The molecule has 0 bridgehead atoms. The van der Waals surface area contributed by atoms with Crippen LogP contribution in [0.15, 0.2) is 48.5 Å². The normalized spacial score (nSPS) is 15.3. The van der Waals surface area contributed by atoms with Gasteiger partial charge in [-0.3, -0.25) is 4.79 Å². The molecule has 5 heteroatoms. The first kappa shape index (κ1) is 15.5. The van der Waals surface area contributed by atoms with Crippen LogP contribution in [0.5, 0.6) is 0 Å². The SMILES string of the molecule is CN1CCN(C(=O)CC(N)c2ccccc2)c2ccc(F)cc21. The van der Waals surface area contributed by atoms with E-state index in [1.807, 2.05) is 42.3 Å². The molecule has 0 fully saturated rings. The molecule has 1 aliphatic rings. The van der Waals surface area contributed by atoms with Gasteiger partial charge in [0, 0.05) is 32.6 Å². The van der Waals surface area contributed by atoms with Crippen LogP contribution < -0.4 is 15.5 Å². The molecule has 0 radical (unpaired) electrons. The zero-order chi connectivity index (χ0) is 16.4. The topological polar surface area (TPSA) is 49.6 Å². The maximum absolute atomic E-state index is 13.5. The summed E-state index contributed by atoms with van der Waals surface area (Å²) in [5.74, 6) is -0.340. The van der Waals surface area contributed by atoms with Crippen LogP contribution in [0.4, 0.5) is 15.8 Å². The van der Waals surface area contributed by atoms with Crippen molar-refractivity contribution in [2.75, 3.05) is 29.9 Å². The van der Waals surface area contributed by atoms with Crippen molar-refractivity contribution >= 4 is 17.3 Å². The lowest BCUT2D eigenvalue weighted by molar-refractivity contribution is -0.119. The molecule has 2 N–H and O–H groups in total. The lowest BCUT2D eigenvalue weighted by Crippen LogP contribution is -2.43. The van der Waals surface area contributed by atoms with Gasteiger partial charge in [0.2, 0.25) is 5.91 Å². The van der Waals surface area contributed by atoms with Crippen LogP contribution in [0.25, 0.3) is 0 Å². The number of carbonyl (C=O) groups excluding carboxylic acids is 1. The van der Waals surface area contributed by atoms with Crippen molar-refractivity contribution < 1.29 is 9.18 Å². The molecule has 4 nitrogen and oxygen atoms in total. The van der Waals surface area contributed by atoms with E-state index in [0.717, 1.165) is 16.9 Å². The first-order chi connectivity index (χ1) is 11.1. The van der Waals surface area contributed by atoms with Gasteiger partial charge >= 0.3 is 0 Å². The number of nitrogens with two attached hydrogens (primary N) is 1. The van der Waals surface area contributed by atoms with Gasteiger partial charge in [-0.1, -0.05) is 30.3 Å². The van der Waals surface area contributed by atoms with Crippen LogP contribution in [0.1, 0.15) is 18.0 Å². The molecule has 0 aliphatic carbocycles. The van der Waals surface area contributed by atoms with E-state index in [1.54, 1.807) is 11.0 Å². The third-order valence-electron chi connectivity index (χ3n) is 4.22. The minimum Gasteiger partial charge on any atom is -0.371 e. The molecule has 1 atom stereocenters. The summed E-state index contributed by atoms with van der Waals surface area (Å²) in [7, 11) is 1.90. The fourth-order valence-electron chi connectivity index (χ4n) is 2.90. The second kappa shape index (κ2) is 6.38. The fourth-order valence-corrected chi connectivity index (χ4v) is 2.90. The van der Waals surface area contributed by atoms with Crippen molar-refractivity contribution in [2.45, 2.75) is 12.5 Å². The Bertz CT molecular complexity index is 705. The minimum absolute atomic E-state index is 0.0395. The zero-order valence-electron chi connectivity index (χ0n) is 13.1. The maximum atomic E-state index is 13.5. The smallest absolute Gasteiger partial charge is 0.229 e. The summed E-state index contributed by atoms with van der Waals surface area (Å²) in [6, 6.07) is 13.8. The number of carbonyl (C=O) groups is 1. The van der Waals surface area contributed by atoms with E-state index in [9.17, 15) is 9.18 Å². The summed E-state index contributed by atoms with van der Waals surface area (Å²) in [4.78, 5) is 16.3. The third-order valence-corrected chi connectivity index (χ3v) is 4.22. The summed E-state index contributed by atoms with van der Waals surface area (Å²) in [5.41, 5.74) is 8.57. The highest BCUT2D eigenvalue weighted by Gasteiger charge is 2.26. The highest BCUT2D eigenvalue weighted by Crippen LogP contribution is 2.33. The number of halogens is 1. The Labute approximate surface area is 135 Å². The van der Waals surface area contributed by atoms with E-state index >= 15 is 0 Å². The first-order valence-electron chi connectivity index (χ1n) is 7.68. The molecule has 0 spiro atoms. The number of nitrogens with zero attached hydrogens (tertiary/aromatic N) is 2. The Morgan fingerprint density at radius 3 is 2.65 bits per heavy atom. The predicted molar refractivity (Wildman–Crippen MR) is 90.0 cm³/mol. The number of benzene rings is 2. The molecule has 2 aromatic rings. The lowest BCUT2D eigenvalue weighted by Gasteiger charge is -2.36. The molecule has 1 aliphatic heterocycles. The molecule has 2 aromatic carbocycles. The van der Waals surface area contributed by atoms with Crippen LogP contribution in [-0.2, 0) is 4.79 Å². The Hall–Kier alpha value is -2.40. The van der Waals surface area contributed by atoms with Gasteiger partial charge < -0.3 is 15.5 Å². The molecule has 0 saturated heterocycles. The van der Waals surface area contributed by atoms with Gasteiger partial charge in [0.1, 0.15) is 5.82 Å². The van der Waals surface area contributed by atoms with Crippen LogP contribution in [0, 0.1) is 5.82 Å². The van der Waals surface area contributed by atoms with E-state index in [2.05, 4.69) is 0 Å². The number of fused-ring (bicyclic) bond motifs is 1. The zero-order valence-corrected chi connectivity index (χ0v) is 13.1. The number of likely N-dealkylation sites (N-methyl/N-ethyl adjacent to an activating group) is 1. The Morgan fingerprint density at radius 1 is 1.17 bits per heavy atom. The summed E-state index contributed by atoms with van der Waals surface area (Å²) in [5, 5.41) is 0. The molecular formula is C18H20FN3O. The Kier molecular flexibility index (Phi) is 4.30. The number of anilines is 2. The fraction of sp³-hybridized carbons (Fsp3) is 0.278. The number of amides is 1. The van der Waals surface area contributed by atoms with Crippen LogP contribution in [0.2, 0.25) is 0 Å².